The van der Waals surface area contributed by atoms with Crippen LogP contribution in [-0.2, 0) is 96.1 Å². The van der Waals surface area contributed by atoms with Crippen molar-refractivity contribution >= 4 is 36.5 Å². The van der Waals surface area contributed by atoms with Crippen LogP contribution in [0.2, 0.25) is 0 Å². The van der Waals surface area contributed by atoms with Gasteiger partial charge < -0.3 is 40.9 Å². The van der Waals surface area contributed by atoms with E-state index in [1.54, 1.807) is 36.4 Å². The molecule has 6 bridgehead atoms. The van der Waals surface area contributed by atoms with Crippen molar-refractivity contribution in [2.75, 3.05) is 72.9 Å². The number of likely N-dealkylation sites (tertiary alicyclic amines) is 3. The molecule has 3 saturated heterocycles. The molecule has 6 N–H and O–H groups in total. The maximum absolute atomic E-state index is 12.6. The van der Waals surface area contributed by atoms with Crippen molar-refractivity contribution in [3.63, 3.8) is 0 Å². The van der Waals surface area contributed by atoms with E-state index >= 15 is 0 Å². The van der Waals surface area contributed by atoms with E-state index in [2.05, 4.69) is 105 Å². The lowest BCUT2D eigenvalue weighted by Gasteiger charge is -2.55. The summed E-state index contributed by atoms with van der Waals surface area (Å²) >= 11 is -2.00. The normalized spacial score (nSPS) is 25.9. The summed E-state index contributed by atoms with van der Waals surface area (Å²) in [6.07, 6.45) is 10.9. The van der Waals surface area contributed by atoms with Gasteiger partial charge in [-0.2, -0.15) is 0 Å². The molecule has 0 amide bonds. The molecule has 6 aromatic carbocycles. The van der Waals surface area contributed by atoms with Crippen LogP contribution in [0.5, 0.6) is 11.5 Å². The summed E-state index contributed by atoms with van der Waals surface area (Å²) in [5.74, 6) is 1.19. The summed E-state index contributed by atoms with van der Waals surface area (Å²) in [6, 6.07) is 41.7. The molecule has 474 valence electrons. The van der Waals surface area contributed by atoms with E-state index in [9.17, 15) is 40.6 Å². The van der Waals surface area contributed by atoms with Crippen LogP contribution in [0.15, 0.2) is 137 Å². The third-order valence-corrected chi connectivity index (χ3v) is 23.0. The highest BCUT2D eigenvalue weighted by atomic mass is 32.2. The van der Waals surface area contributed by atoms with Crippen LogP contribution in [-0.4, -0.2) is 159 Å². The molecule has 0 radical (unpaired) electrons. The van der Waals surface area contributed by atoms with E-state index < -0.39 is 30.8 Å². The molecule has 15 nitrogen and oxygen atoms in total. The van der Waals surface area contributed by atoms with Crippen LogP contribution in [0, 0.1) is 6.92 Å². The Labute approximate surface area is 525 Å². The number of hydrogen-bond acceptors (Lipinski definition) is 15. The Morgan fingerprint density at radius 2 is 0.977 bits per heavy atom. The number of piperidine rings is 3. The van der Waals surface area contributed by atoms with Crippen molar-refractivity contribution in [2.24, 2.45) is 5.73 Å². The number of Topliss-reactive ketones (excluding diaryl/α,β-unsaturated/α-hetero) is 1. The number of phenols is 2. The SMILES string of the molecule is CN1CC[C@]2(C)c3cc(O)ccc3C[C@@H]1[C@@H]2NCCc1ccc(S(C)(=O)=O)cc1.CN1CC[C@]2(C)c3cc(O)ccc3C[C@@H]1[C@H]2NCCc1ccc(S(C)(=O)=O)cc1.Cc1ccc2c(c1)[C@]1(C)CCN(C)[C@H](C2)C1=O.NCCc1ccc(CS(=O)[O-])cc1. The Morgan fingerprint density at radius 1 is 0.568 bits per heavy atom. The highest BCUT2D eigenvalue weighted by Crippen LogP contribution is 2.48. The summed E-state index contributed by atoms with van der Waals surface area (Å²) in [4.78, 5) is 20.4. The Hall–Kier alpha value is -5.64. The minimum Gasteiger partial charge on any atom is -0.772 e. The maximum Gasteiger partial charge on any atom is 0.175 e. The fourth-order valence-corrected chi connectivity index (χ4v) is 16.4. The zero-order valence-corrected chi connectivity index (χ0v) is 55.2. The molecule has 0 saturated carbocycles. The second-order valence-corrected chi connectivity index (χ2v) is 31.3. The number of ketones is 1. The number of nitrogens with zero attached hydrogens (tertiary/aromatic N) is 3. The number of sulfone groups is 2. The van der Waals surface area contributed by atoms with Gasteiger partial charge in [0.15, 0.2) is 25.5 Å². The van der Waals surface area contributed by atoms with Gasteiger partial charge in [0.05, 0.1) is 21.2 Å². The molecule has 9 atom stereocenters. The van der Waals surface area contributed by atoms with Crippen LogP contribution >= 0.6 is 0 Å². The van der Waals surface area contributed by atoms with Gasteiger partial charge in [-0.1, -0.05) is 109 Å². The zero-order chi connectivity index (χ0) is 63.5. The van der Waals surface area contributed by atoms with Crippen molar-refractivity contribution in [1.82, 2.24) is 25.3 Å². The van der Waals surface area contributed by atoms with Crippen molar-refractivity contribution in [1.29, 1.82) is 0 Å². The first kappa shape index (κ1) is 66.8. The summed E-state index contributed by atoms with van der Waals surface area (Å²) in [5.41, 5.74) is 18.5. The van der Waals surface area contributed by atoms with Crippen LogP contribution in [0.4, 0.5) is 0 Å². The third kappa shape index (κ3) is 14.9. The molecule has 0 spiro atoms. The lowest BCUT2D eigenvalue weighted by molar-refractivity contribution is -0.133. The van der Waals surface area contributed by atoms with Crippen LogP contribution < -0.4 is 16.4 Å². The Morgan fingerprint density at radius 3 is 1.42 bits per heavy atom. The highest BCUT2D eigenvalue weighted by Gasteiger charge is 2.52. The van der Waals surface area contributed by atoms with E-state index in [-0.39, 0.29) is 28.0 Å². The topological polar surface area (TPSA) is 226 Å². The number of rotatable bonds is 14. The monoisotopic (exact) mass is 1260 g/mol. The number of carbonyl (C=O) groups excluding carboxylic acids is 1. The fourth-order valence-electron chi connectivity index (χ4n) is 14.7. The van der Waals surface area contributed by atoms with Gasteiger partial charge in [0.2, 0.25) is 0 Å². The molecular formula is C70H91N6O9S3-. The van der Waals surface area contributed by atoms with Gasteiger partial charge in [-0.25, -0.2) is 16.8 Å². The Balaban J connectivity index is 0.000000146. The van der Waals surface area contributed by atoms with Gasteiger partial charge in [-0.05, 0) is 236 Å². The highest BCUT2D eigenvalue weighted by molar-refractivity contribution is 7.91. The molecule has 12 rings (SSSR count). The first-order valence-corrected chi connectivity index (χ1v) is 35.9. The molecule has 1 unspecified atom stereocenters. The zero-order valence-electron chi connectivity index (χ0n) is 52.7. The minimum atomic E-state index is -3.16. The number of fused-ring (bicyclic) bond motifs is 12. The summed E-state index contributed by atoms with van der Waals surface area (Å²) in [5, 5.41) is 27.8. The van der Waals surface area contributed by atoms with Gasteiger partial charge in [-0.15, -0.1) is 0 Å². The van der Waals surface area contributed by atoms with Crippen molar-refractivity contribution < 1.29 is 40.6 Å². The molecule has 18 heteroatoms. The van der Waals surface area contributed by atoms with Gasteiger partial charge >= 0.3 is 0 Å². The van der Waals surface area contributed by atoms with E-state index in [1.165, 1.54) is 51.5 Å². The minimum absolute atomic E-state index is 0.0103. The largest absolute Gasteiger partial charge is 0.772 e. The molecule has 3 aliphatic carbocycles. The molecule has 3 heterocycles. The van der Waals surface area contributed by atoms with Crippen molar-refractivity contribution in [3.05, 3.63) is 189 Å². The quantitative estimate of drug-likeness (QED) is 0.0660. The van der Waals surface area contributed by atoms with E-state index in [0.29, 0.717) is 57.8 Å². The van der Waals surface area contributed by atoms with E-state index in [4.69, 9.17) is 5.73 Å². The molecule has 88 heavy (non-hydrogen) atoms. The first-order valence-electron chi connectivity index (χ1n) is 30.9. The van der Waals surface area contributed by atoms with Gasteiger partial charge in [0.25, 0.3) is 0 Å². The number of phenolic OH excluding ortho intramolecular Hbond substituents is 2. The predicted molar refractivity (Wildman–Crippen MR) is 351 cm³/mol. The molecule has 3 fully saturated rings. The standard InChI is InChI=1S/2C23H30N2O3S.C15H19NO.C9H13NO2S/c2*1-23-11-13-25(2)21(14-17-6-7-18(26)15-20(17)23)22(23)24-12-10-16-4-8-19(9-5-16)29(3,27)28;1-10-4-5-11-9-13-14(17)15(2,12(11)8-10)6-7-16(13)3;10-6-5-8-1-3-9(4-2-8)7-13(11)12/h2*4-9,15,21-22,24,26H,10-14H2,1-3H3;4-5,8,13H,6-7,9H2,1-3H3;1-4H,5-7,10H2,(H,11,12)/p-1/t21-,22+,23-;21-,22-,23-;13-,15+;/m111./s1. The molecule has 6 aromatic rings. The number of nitrogens with two attached hydrogens (primary N) is 1. The van der Waals surface area contributed by atoms with E-state index in [0.717, 1.165) is 113 Å². The Bertz CT molecular complexity index is 3540. The number of hydrogen-bond donors (Lipinski definition) is 5. The number of aryl methyl sites for hydroxylation is 1. The number of nitrogens with one attached hydrogen (secondary N) is 2. The summed E-state index contributed by atoms with van der Waals surface area (Å²) < 4.78 is 67.2. The van der Waals surface area contributed by atoms with Crippen LogP contribution in [0.25, 0.3) is 0 Å². The molecular weight excluding hydrogens is 1170 g/mol. The third-order valence-electron chi connectivity index (χ3n) is 20.1. The number of carbonyl (C=O) groups is 1. The van der Waals surface area contributed by atoms with Crippen LogP contribution in [0.3, 0.4) is 0 Å². The maximum atomic E-state index is 12.6. The second kappa shape index (κ2) is 27.4. The summed E-state index contributed by atoms with van der Waals surface area (Å²) in [7, 11) is 0.165. The number of likely N-dealkylation sites (N-methyl/N-ethyl adjacent to an activating group) is 3. The van der Waals surface area contributed by atoms with E-state index in [1.807, 2.05) is 60.7 Å². The van der Waals surface area contributed by atoms with Crippen molar-refractivity contribution in [3.8, 4) is 11.5 Å². The number of aromatic hydroxyl groups is 2. The lowest BCUT2D eigenvalue weighted by Crippen LogP contribution is -2.66. The second-order valence-electron chi connectivity index (χ2n) is 26.3. The number of benzene rings is 6. The molecule has 0 aromatic heterocycles. The lowest BCUT2D eigenvalue weighted by atomic mass is 9.61. The van der Waals surface area contributed by atoms with Gasteiger partial charge in [0.1, 0.15) is 11.5 Å². The molecule has 3 aliphatic heterocycles. The van der Waals surface area contributed by atoms with Crippen molar-refractivity contribution in [2.45, 2.75) is 147 Å². The fraction of sp³-hybridized carbons (Fsp3) is 0.471. The smallest absolute Gasteiger partial charge is 0.175 e. The van der Waals surface area contributed by atoms with Crippen LogP contribution in [0.1, 0.15) is 101 Å². The first-order chi connectivity index (χ1) is 41.6. The average Bonchev–Trinajstić information content (AvgIpc) is 0.774. The molecule has 6 aliphatic rings. The Kier molecular flexibility index (Phi) is 20.8. The van der Waals surface area contributed by atoms with Gasteiger partial charge in [0, 0.05) is 53.3 Å². The van der Waals surface area contributed by atoms with Gasteiger partial charge in [-0.3, -0.25) is 13.9 Å². The summed E-state index contributed by atoms with van der Waals surface area (Å²) in [6.45, 7) is 14.3. The average molecular weight is 1260 g/mol. The predicted octanol–water partition coefficient (Wildman–Crippen LogP) is 7.68.